The van der Waals surface area contributed by atoms with Gasteiger partial charge in [0, 0.05) is 26.4 Å². The van der Waals surface area contributed by atoms with Gasteiger partial charge >= 0.3 is 0 Å². The van der Waals surface area contributed by atoms with Gasteiger partial charge < -0.3 is 9.64 Å². The molecule has 1 rings (SSSR count). The Morgan fingerprint density at radius 2 is 1.94 bits per heavy atom. The number of nitrogens with zero attached hydrogens (tertiary/aromatic N) is 1. The van der Waals surface area contributed by atoms with Gasteiger partial charge in [-0.15, -0.1) is 0 Å². The predicted octanol–water partition coefficient (Wildman–Crippen LogP) is 3.18. The fourth-order valence-corrected chi connectivity index (χ4v) is 1.41. The largest absolute Gasteiger partial charge is 0.378 e. The molecule has 1 aromatic rings. The van der Waals surface area contributed by atoms with Crippen LogP contribution in [0.1, 0.15) is 12.5 Å². The lowest BCUT2D eigenvalue weighted by atomic mass is 10.2. The number of allylic oxidation sites excluding steroid dienone is 1. The molecule has 17 heavy (non-hydrogen) atoms. The molecule has 0 saturated carbocycles. The molecule has 2 heteroatoms. The zero-order valence-corrected chi connectivity index (χ0v) is 10.9. The summed E-state index contributed by atoms with van der Waals surface area (Å²) in [6.07, 6.45) is 6.30. The average Bonchev–Trinajstić information content (AvgIpc) is 2.34. The van der Waals surface area contributed by atoms with Gasteiger partial charge in [0.25, 0.3) is 0 Å². The second kappa shape index (κ2) is 7.69. The van der Waals surface area contributed by atoms with Gasteiger partial charge in [0.1, 0.15) is 0 Å². The maximum Gasteiger partial charge on any atom is 0.0670 e. The van der Waals surface area contributed by atoms with E-state index in [1.807, 2.05) is 39.2 Å². The van der Waals surface area contributed by atoms with Crippen molar-refractivity contribution in [2.24, 2.45) is 0 Å². The first-order chi connectivity index (χ1) is 8.24. The summed E-state index contributed by atoms with van der Waals surface area (Å²) in [5.41, 5.74) is 2.36. The highest BCUT2D eigenvalue weighted by Gasteiger charge is 1.94. The Bertz CT molecular complexity index is 366. The number of benzene rings is 1. The van der Waals surface area contributed by atoms with Crippen LogP contribution in [0.4, 0.5) is 0 Å². The highest BCUT2D eigenvalue weighted by Crippen LogP contribution is 2.07. The lowest BCUT2D eigenvalue weighted by molar-refractivity contribution is 0.176. The Balaban J connectivity index is 2.67. The second-order valence-electron chi connectivity index (χ2n) is 3.93. The topological polar surface area (TPSA) is 12.5 Å². The fourth-order valence-electron chi connectivity index (χ4n) is 1.41. The number of ether oxygens (including phenoxy) is 1. The molecule has 0 aliphatic heterocycles. The van der Waals surface area contributed by atoms with Crippen LogP contribution >= 0.6 is 0 Å². The molecular formula is C15H21NO. The third-order valence-corrected chi connectivity index (χ3v) is 2.38. The van der Waals surface area contributed by atoms with Crippen LogP contribution in [0.15, 0.2) is 48.2 Å². The maximum atomic E-state index is 5.33. The van der Waals surface area contributed by atoms with Crippen LogP contribution in [0.3, 0.4) is 0 Å². The van der Waals surface area contributed by atoms with Gasteiger partial charge in [-0.3, -0.25) is 0 Å². The van der Waals surface area contributed by atoms with E-state index in [0.29, 0.717) is 6.61 Å². The van der Waals surface area contributed by atoms with E-state index < -0.39 is 0 Å². The Hall–Kier alpha value is -1.54. The van der Waals surface area contributed by atoms with Gasteiger partial charge in [0.15, 0.2) is 0 Å². The minimum atomic E-state index is 0.656. The SMILES string of the molecule is CCOC/C=C(\C=C\c1ccccc1)N(C)C. The molecule has 0 fully saturated rings. The van der Waals surface area contributed by atoms with E-state index in [1.165, 1.54) is 5.56 Å². The number of likely N-dealkylation sites (N-methyl/N-ethyl adjacent to an activating group) is 1. The summed E-state index contributed by atoms with van der Waals surface area (Å²) in [5, 5.41) is 0. The highest BCUT2D eigenvalue weighted by atomic mass is 16.5. The van der Waals surface area contributed by atoms with Crippen LogP contribution in [-0.2, 0) is 4.74 Å². The summed E-state index contributed by atoms with van der Waals surface area (Å²) >= 11 is 0. The molecule has 0 aliphatic rings. The second-order valence-corrected chi connectivity index (χ2v) is 3.93. The molecule has 0 aliphatic carbocycles. The third-order valence-electron chi connectivity index (χ3n) is 2.38. The van der Waals surface area contributed by atoms with Crippen molar-refractivity contribution < 1.29 is 4.74 Å². The van der Waals surface area contributed by atoms with Crippen molar-refractivity contribution in [1.29, 1.82) is 0 Å². The lowest BCUT2D eigenvalue weighted by Crippen LogP contribution is -2.10. The van der Waals surface area contributed by atoms with Crippen LogP contribution < -0.4 is 0 Å². The van der Waals surface area contributed by atoms with E-state index in [0.717, 1.165) is 12.3 Å². The quantitative estimate of drug-likeness (QED) is 0.551. The number of hydrogen-bond donors (Lipinski definition) is 0. The number of hydrogen-bond acceptors (Lipinski definition) is 2. The van der Waals surface area contributed by atoms with Crippen molar-refractivity contribution in [3.63, 3.8) is 0 Å². The van der Waals surface area contributed by atoms with E-state index in [4.69, 9.17) is 4.74 Å². The van der Waals surface area contributed by atoms with E-state index in [1.54, 1.807) is 0 Å². The molecule has 0 heterocycles. The summed E-state index contributed by atoms with van der Waals surface area (Å²) < 4.78 is 5.33. The van der Waals surface area contributed by atoms with Crippen LogP contribution in [0.2, 0.25) is 0 Å². The highest BCUT2D eigenvalue weighted by molar-refractivity contribution is 5.52. The Kier molecular flexibility index (Phi) is 6.12. The van der Waals surface area contributed by atoms with Gasteiger partial charge in [0.05, 0.1) is 6.61 Å². The van der Waals surface area contributed by atoms with Crippen molar-refractivity contribution in [1.82, 2.24) is 4.90 Å². The van der Waals surface area contributed by atoms with Gasteiger partial charge in [-0.05, 0) is 24.6 Å². The standard InChI is InChI=1S/C15H21NO/c1-4-17-13-12-15(16(2)3)11-10-14-8-6-5-7-9-14/h5-12H,4,13H2,1-3H3/b11-10+,15-12+. The first-order valence-electron chi connectivity index (χ1n) is 5.92. The van der Waals surface area contributed by atoms with Crippen molar-refractivity contribution in [3.05, 3.63) is 53.7 Å². The molecule has 0 saturated heterocycles. The third kappa shape index (κ3) is 5.36. The molecule has 0 aromatic heterocycles. The lowest BCUT2D eigenvalue weighted by Gasteiger charge is -2.13. The average molecular weight is 231 g/mol. The van der Waals surface area contributed by atoms with Crippen molar-refractivity contribution in [3.8, 4) is 0 Å². The van der Waals surface area contributed by atoms with Crippen LogP contribution in [0.25, 0.3) is 6.08 Å². The van der Waals surface area contributed by atoms with E-state index in [9.17, 15) is 0 Å². The van der Waals surface area contributed by atoms with E-state index >= 15 is 0 Å². The van der Waals surface area contributed by atoms with E-state index in [-0.39, 0.29) is 0 Å². The molecule has 2 nitrogen and oxygen atoms in total. The monoisotopic (exact) mass is 231 g/mol. The fraction of sp³-hybridized carbons (Fsp3) is 0.333. The smallest absolute Gasteiger partial charge is 0.0670 e. The molecule has 0 unspecified atom stereocenters. The Morgan fingerprint density at radius 3 is 2.53 bits per heavy atom. The molecular weight excluding hydrogens is 210 g/mol. The number of rotatable bonds is 6. The first kappa shape index (κ1) is 13.5. The van der Waals surface area contributed by atoms with Crippen molar-refractivity contribution in [2.45, 2.75) is 6.92 Å². The summed E-state index contributed by atoms with van der Waals surface area (Å²) in [7, 11) is 4.07. The van der Waals surface area contributed by atoms with Crippen LogP contribution in [0.5, 0.6) is 0 Å². The maximum absolute atomic E-state index is 5.33. The Labute approximate surface area is 104 Å². The van der Waals surface area contributed by atoms with E-state index in [2.05, 4.69) is 35.3 Å². The molecule has 0 amide bonds. The summed E-state index contributed by atoms with van der Waals surface area (Å²) in [4.78, 5) is 2.08. The van der Waals surface area contributed by atoms with Crippen molar-refractivity contribution >= 4 is 6.08 Å². The zero-order chi connectivity index (χ0) is 12.5. The molecule has 0 radical (unpaired) electrons. The van der Waals surface area contributed by atoms with Gasteiger partial charge in [-0.2, -0.15) is 0 Å². The molecule has 0 bridgehead atoms. The molecule has 0 N–H and O–H groups in total. The van der Waals surface area contributed by atoms with Crippen molar-refractivity contribution in [2.75, 3.05) is 27.3 Å². The molecule has 0 atom stereocenters. The van der Waals surface area contributed by atoms with Gasteiger partial charge in [0.2, 0.25) is 0 Å². The van der Waals surface area contributed by atoms with Gasteiger partial charge in [-0.25, -0.2) is 0 Å². The van der Waals surface area contributed by atoms with Crippen LogP contribution in [-0.4, -0.2) is 32.2 Å². The first-order valence-corrected chi connectivity index (χ1v) is 5.92. The minimum Gasteiger partial charge on any atom is -0.378 e. The summed E-state index contributed by atoms with van der Waals surface area (Å²) in [5.74, 6) is 0. The minimum absolute atomic E-state index is 0.656. The molecule has 0 spiro atoms. The molecule has 92 valence electrons. The van der Waals surface area contributed by atoms with Crippen LogP contribution in [0, 0.1) is 0 Å². The Morgan fingerprint density at radius 1 is 1.24 bits per heavy atom. The summed E-state index contributed by atoms with van der Waals surface area (Å²) in [6.45, 7) is 3.41. The van der Waals surface area contributed by atoms with Gasteiger partial charge in [-0.1, -0.05) is 36.4 Å². The summed E-state index contributed by atoms with van der Waals surface area (Å²) in [6, 6.07) is 10.3. The molecule has 1 aromatic carbocycles. The predicted molar refractivity (Wildman–Crippen MR) is 73.7 cm³/mol. The zero-order valence-electron chi connectivity index (χ0n) is 10.9. The normalized spacial score (nSPS) is 12.1.